The number of benzene rings is 1. The maximum atomic E-state index is 12.8. The average Bonchev–Trinajstić information content (AvgIpc) is 2.96. The highest BCUT2D eigenvalue weighted by atomic mass is 35.5. The number of H-pyrrole nitrogens is 1. The van der Waals surface area contributed by atoms with Gasteiger partial charge in [0.2, 0.25) is 0 Å². The SMILES string of the molecule is COC(=O)c1c(C)[nH]c(C(=O)CN2CCN(c3cccc(Cl)c3)CC2)c1C. The molecule has 7 heteroatoms. The highest BCUT2D eigenvalue weighted by Crippen LogP contribution is 2.22. The van der Waals surface area contributed by atoms with Crippen molar-refractivity contribution >= 4 is 29.0 Å². The first-order valence-corrected chi connectivity index (χ1v) is 9.32. The second-order valence-electron chi connectivity index (χ2n) is 6.78. The van der Waals surface area contributed by atoms with E-state index >= 15 is 0 Å². The monoisotopic (exact) mass is 389 g/mol. The lowest BCUT2D eigenvalue weighted by Gasteiger charge is -2.35. The zero-order valence-corrected chi connectivity index (χ0v) is 16.6. The Morgan fingerprint density at radius 1 is 1.19 bits per heavy atom. The van der Waals surface area contributed by atoms with Crippen LogP contribution in [0.4, 0.5) is 5.69 Å². The highest BCUT2D eigenvalue weighted by Gasteiger charge is 2.25. The predicted octanol–water partition coefficient (Wildman–Crippen LogP) is 3.08. The summed E-state index contributed by atoms with van der Waals surface area (Å²) in [6.45, 7) is 7.14. The summed E-state index contributed by atoms with van der Waals surface area (Å²) in [6.07, 6.45) is 0. The lowest BCUT2D eigenvalue weighted by atomic mass is 10.1. The lowest BCUT2D eigenvalue weighted by Crippen LogP contribution is -2.48. The molecule has 0 spiro atoms. The van der Waals surface area contributed by atoms with E-state index in [0.29, 0.717) is 29.1 Å². The van der Waals surface area contributed by atoms with E-state index in [0.717, 1.165) is 36.9 Å². The summed E-state index contributed by atoms with van der Waals surface area (Å²) in [5.41, 5.74) is 3.36. The van der Waals surface area contributed by atoms with Crippen molar-refractivity contribution in [3.63, 3.8) is 0 Å². The third-order valence-electron chi connectivity index (χ3n) is 5.02. The van der Waals surface area contributed by atoms with Crippen molar-refractivity contribution in [2.45, 2.75) is 13.8 Å². The van der Waals surface area contributed by atoms with Crippen LogP contribution in [0.15, 0.2) is 24.3 Å². The van der Waals surface area contributed by atoms with Gasteiger partial charge >= 0.3 is 5.97 Å². The molecule has 2 aromatic rings. The van der Waals surface area contributed by atoms with E-state index in [9.17, 15) is 9.59 Å². The smallest absolute Gasteiger partial charge is 0.339 e. The van der Waals surface area contributed by atoms with Gasteiger partial charge in [0.25, 0.3) is 0 Å². The summed E-state index contributed by atoms with van der Waals surface area (Å²) in [5.74, 6) is -0.433. The minimum Gasteiger partial charge on any atom is -0.465 e. The molecule has 1 fully saturated rings. The molecular formula is C20H24ClN3O3. The van der Waals surface area contributed by atoms with Crippen molar-refractivity contribution in [2.24, 2.45) is 0 Å². The first kappa shape index (κ1) is 19.5. The van der Waals surface area contributed by atoms with Crippen molar-refractivity contribution in [1.82, 2.24) is 9.88 Å². The Kier molecular flexibility index (Phi) is 5.87. The van der Waals surface area contributed by atoms with Gasteiger partial charge in [0.15, 0.2) is 5.78 Å². The Hall–Kier alpha value is -2.31. The van der Waals surface area contributed by atoms with Crippen LogP contribution < -0.4 is 4.90 Å². The number of nitrogens with one attached hydrogen (secondary N) is 1. The quantitative estimate of drug-likeness (QED) is 0.628. The fourth-order valence-corrected chi connectivity index (χ4v) is 3.74. The molecule has 0 amide bonds. The van der Waals surface area contributed by atoms with Gasteiger partial charge in [0.1, 0.15) is 0 Å². The fourth-order valence-electron chi connectivity index (χ4n) is 3.56. The van der Waals surface area contributed by atoms with Crippen molar-refractivity contribution in [3.05, 3.63) is 51.8 Å². The zero-order valence-electron chi connectivity index (χ0n) is 15.8. The van der Waals surface area contributed by atoms with Gasteiger partial charge < -0.3 is 14.6 Å². The molecule has 0 saturated carbocycles. The third kappa shape index (κ3) is 4.17. The van der Waals surface area contributed by atoms with Crippen LogP contribution in [0, 0.1) is 13.8 Å². The number of Topliss-reactive ketones (excluding diaryl/α,β-unsaturated/α-hetero) is 1. The van der Waals surface area contributed by atoms with E-state index in [1.165, 1.54) is 7.11 Å². The van der Waals surface area contributed by atoms with E-state index in [1.807, 2.05) is 24.3 Å². The van der Waals surface area contributed by atoms with Crippen molar-refractivity contribution in [2.75, 3.05) is 44.7 Å². The molecule has 1 saturated heterocycles. The van der Waals surface area contributed by atoms with E-state index in [1.54, 1.807) is 13.8 Å². The van der Waals surface area contributed by atoms with Gasteiger partial charge in [-0.05, 0) is 37.6 Å². The van der Waals surface area contributed by atoms with E-state index in [4.69, 9.17) is 16.3 Å². The number of carbonyl (C=O) groups is 2. The minimum atomic E-state index is -0.421. The van der Waals surface area contributed by atoms with E-state index in [-0.39, 0.29) is 5.78 Å². The fraction of sp³-hybridized carbons (Fsp3) is 0.400. The second-order valence-corrected chi connectivity index (χ2v) is 7.22. The number of aryl methyl sites for hydroxylation is 1. The Labute approximate surface area is 164 Å². The summed E-state index contributed by atoms with van der Waals surface area (Å²) in [6, 6.07) is 7.82. The number of methoxy groups -OCH3 is 1. The largest absolute Gasteiger partial charge is 0.465 e. The maximum Gasteiger partial charge on any atom is 0.339 e. The average molecular weight is 390 g/mol. The van der Waals surface area contributed by atoms with Gasteiger partial charge in [-0.25, -0.2) is 4.79 Å². The molecule has 1 aliphatic rings. The Morgan fingerprint density at radius 3 is 2.52 bits per heavy atom. The number of hydrogen-bond donors (Lipinski definition) is 1. The van der Waals surface area contributed by atoms with Crippen LogP contribution in [0.2, 0.25) is 5.02 Å². The summed E-state index contributed by atoms with van der Waals surface area (Å²) in [5, 5.41) is 0.726. The Bertz CT molecular complexity index is 854. The van der Waals surface area contributed by atoms with Crippen LogP contribution in [0.25, 0.3) is 0 Å². The summed E-state index contributed by atoms with van der Waals surface area (Å²) in [4.78, 5) is 32.1. The van der Waals surface area contributed by atoms with Crippen LogP contribution in [0.5, 0.6) is 0 Å². The van der Waals surface area contributed by atoms with Crippen LogP contribution in [0.3, 0.4) is 0 Å². The van der Waals surface area contributed by atoms with Gasteiger partial charge in [-0.1, -0.05) is 17.7 Å². The number of hydrogen-bond acceptors (Lipinski definition) is 5. The van der Waals surface area contributed by atoms with Gasteiger partial charge in [-0.2, -0.15) is 0 Å². The topological polar surface area (TPSA) is 65.6 Å². The van der Waals surface area contributed by atoms with Gasteiger partial charge in [-0.3, -0.25) is 9.69 Å². The summed E-state index contributed by atoms with van der Waals surface area (Å²) < 4.78 is 4.81. The normalized spacial score (nSPS) is 15.0. The standard InChI is InChI=1S/C20H24ClN3O3/c1-13-18(20(26)27-3)14(2)22-19(13)17(25)12-23-7-9-24(10-8-23)16-6-4-5-15(21)11-16/h4-6,11,22H,7-10,12H2,1-3H3. The Balaban J connectivity index is 1.62. The second kappa shape index (κ2) is 8.15. The van der Waals surface area contributed by atoms with Crippen molar-refractivity contribution < 1.29 is 14.3 Å². The number of aromatic amines is 1. The first-order chi connectivity index (χ1) is 12.9. The molecule has 0 radical (unpaired) electrons. The number of carbonyl (C=O) groups excluding carboxylic acids is 2. The predicted molar refractivity (Wildman–Crippen MR) is 106 cm³/mol. The van der Waals surface area contributed by atoms with Crippen molar-refractivity contribution in [1.29, 1.82) is 0 Å². The molecule has 1 N–H and O–H groups in total. The Morgan fingerprint density at radius 2 is 1.89 bits per heavy atom. The van der Waals surface area contributed by atoms with Crippen LogP contribution in [0.1, 0.15) is 32.1 Å². The first-order valence-electron chi connectivity index (χ1n) is 8.94. The summed E-state index contributed by atoms with van der Waals surface area (Å²) >= 11 is 6.07. The minimum absolute atomic E-state index is 0.0121. The van der Waals surface area contributed by atoms with Crippen LogP contribution in [-0.4, -0.2) is 61.5 Å². The molecular weight excluding hydrogens is 366 g/mol. The lowest BCUT2D eigenvalue weighted by molar-refractivity contribution is 0.0599. The maximum absolute atomic E-state index is 12.8. The number of nitrogens with zero attached hydrogens (tertiary/aromatic N) is 2. The number of halogens is 1. The van der Waals surface area contributed by atoms with E-state index < -0.39 is 5.97 Å². The molecule has 1 aliphatic heterocycles. The molecule has 2 heterocycles. The number of aromatic nitrogens is 1. The molecule has 3 rings (SSSR count). The van der Waals surface area contributed by atoms with Gasteiger partial charge in [0.05, 0.1) is 24.9 Å². The molecule has 27 heavy (non-hydrogen) atoms. The van der Waals surface area contributed by atoms with Crippen molar-refractivity contribution in [3.8, 4) is 0 Å². The molecule has 0 atom stereocenters. The molecule has 0 unspecified atom stereocenters. The zero-order chi connectivity index (χ0) is 19.6. The van der Waals surface area contributed by atoms with Gasteiger partial charge in [-0.15, -0.1) is 0 Å². The molecule has 0 bridgehead atoms. The molecule has 1 aromatic carbocycles. The number of ketones is 1. The molecule has 6 nitrogen and oxygen atoms in total. The van der Waals surface area contributed by atoms with Crippen LogP contribution >= 0.6 is 11.6 Å². The van der Waals surface area contributed by atoms with E-state index in [2.05, 4.69) is 14.8 Å². The number of rotatable bonds is 5. The highest BCUT2D eigenvalue weighted by molar-refractivity contribution is 6.30. The van der Waals surface area contributed by atoms with Gasteiger partial charge in [0, 0.05) is 42.6 Å². The molecule has 144 valence electrons. The molecule has 1 aromatic heterocycles. The van der Waals surface area contributed by atoms with Crippen LogP contribution in [-0.2, 0) is 4.74 Å². The third-order valence-corrected chi connectivity index (χ3v) is 5.25. The summed E-state index contributed by atoms with van der Waals surface area (Å²) in [7, 11) is 1.34. The number of piperazine rings is 1. The number of ether oxygens (including phenoxy) is 1. The molecule has 0 aliphatic carbocycles. The number of esters is 1. The number of anilines is 1.